The van der Waals surface area contributed by atoms with Crippen molar-refractivity contribution >= 4 is 28.9 Å². The lowest BCUT2D eigenvalue weighted by atomic mass is 10.0. The van der Waals surface area contributed by atoms with Crippen molar-refractivity contribution in [2.24, 2.45) is 0 Å². The summed E-state index contributed by atoms with van der Waals surface area (Å²) in [6.45, 7) is 5.21. The average Bonchev–Trinajstić information content (AvgIpc) is 3.34. The molecule has 4 aromatic carbocycles. The Bertz CT molecular complexity index is 1710. The first-order valence-electron chi connectivity index (χ1n) is 14.0. The van der Waals surface area contributed by atoms with Crippen LogP contribution in [0, 0.1) is 6.92 Å². The summed E-state index contributed by atoms with van der Waals surface area (Å²) in [6, 6.07) is 29.0. The number of urea groups is 1. The van der Waals surface area contributed by atoms with E-state index in [1.165, 1.54) is 0 Å². The van der Waals surface area contributed by atoms with Gasteiger partial charge in [0.05, 0.1) is 17.6 Å². The van der Waals surface area contributed by atoms with Gasteiger partial charge in [-0.1, -0.05) is 79.7 Å². The molecular weight excluding hydrogens is 528 g/mol. The smallest absolute Gasteiger partial charge is 0.449 e. The molecule has 0 radical (unpaired) electrons. The molecular formula is C34H34N4O4. The van der Waals surface area contributed by atoms with Crippen molar-refractivity contribution in [1.82, 2.24) is 14.9 Å². The predicted octanol–water partition coefficient (Wildman–Crippen LogP) is 7.42. The number of carboxylic acid groups (broad SMARTS) is 1. The second-order valence-corrected chi connectivity index (χ2v) is 10.2. The largest absolute Gasteiger partial charge is 0.511 e. The lowest BCUT2D eigenvalue weighted by Gasteiger charge is -2.23. The fraction of sp³-hybridized carbons (Fsp3) is 0.206. The normalized spacial score (nSPS) is 10.9. The number of aromatic nitrogens is 2. The number of aryl methyl sites for hydroxylation is 2. The number of fused-ring (bicyclic) bond motifs is 1. The third kappa shape index (κ3) is 6.12. The Labute approximate surface area is 245 Å². The number of rotatable bonds is 9. The molecule has 0 atom stereocenters. The number of ether oxygens (including phenoxy) is 1. The van der Waals surface area contributed by atoms with E-state index in [4.69, 9.17) is 14.8 Å². The highest BCUT2D eigenvalue weighted by molar-refractivity contribution is 5.95. The summed E-state index contributed by atoms with van der Waals surface area (Å²) < 4.78 is 7.21. The minimum Gasteiger partial charge on any atom is -0.449 e. The van der Waals surface area contributed by atoms with Gasteiger partial charge in [0.15, 0.2) is 0 Å². The second kappa shape index (κ2) is 12.6. The summed E-state index contributed by atoms with van der Waals surface area (Å²) in [6.07, 6.45) is 0.431. The van der Waals surface area contributed by atoms with Gasteiger partial charge in [0.25, 0.3) is 0 Å². The Morgan fingerprint density at radius 2 is 1.67 bits per heavy atom. The number of imidazole rings is 1. The van der Waals surface area contributed by atoms with Crippen LogP contribution >= 0.6 is 0 Å². The first kappa shape index (κ1) is 28.4. The topological polar surface area (TPSA) is 96.7 Å². The van der Waals surface area contributed by atoms with Gasteiger partial charge < -0.3 is 19.7 Å². The highest BCUT2D eigenvalue weighted by Gasteiger charge is 2.20. The lowest BCUT2D eigenvalue weighted by Crippen LogP contribution is -2.37. The molecule has 1 aromatic heterocycles. The first-order chi connectivity index (χ1) is 20.4. The van der Waals surface area contributed by atoms with Crippen LogP contribution < -0.4 is 15.0 Å². The van der Waals surface area contributed by atoms with Crippen LogP contribution in [-0.4, -0.2) is 33.9 Å². The summed E-state index contributed by atoms with van der Waals surface area (Å²) in [5.41, 5.74) is 7.38. The van der Waals surface area contributed by atoms with E-state index >= 15 is 0 Å². The van der Waals surface area contributed by atoms with Crippen LogP contribution in [0.4, 0.5) is 15.3 Å². The zero-order valence-corrected chi connectivity index (χ0v) is 24.0. The molecule has 1 heterocycles. The maximum Gasteiger partial charge on any atom is 0.511 e. The van der Waals surface area contributed by atoms with E-state index in [9.17, 15) is 9.59 Å². The molecule has 214 valence electrons. The van der Waals surface area contributed by atoms with Crippen molar-refractivity contribution in [3.8, 4) is 16.9 Å². The van der Waals surface area contributed by atoms with E-state index in [1.54, 1.807) is 24.1 Å². The molecule has 0 bridgehead atoms. The zero-order chi connectivity index (χ0) is 29.6. The maximum absolute atomic E-state index is 13.0. The number of nitrogens with zero attached hydrogens (tertiary/aromatic N) is 3. The van der Waals surface area contributed by atoms with Crippen LogP contribution in [0.15, 0.2) is 91.0 Å². The van der Waals surface area contributed by atoms with Gasteiger partial charge in [-0.25, -0.2) is 14.6 Å². The summed E-state index contributed by atoms with van der Waals surface area (Å²) in [5, 5.41) is 11.9. The Balaban J connectivity index is 1.52. The number of hydrogen-bond acceptors (Lipinski definition) is 4. The Kier molecular flexibility index (Phi) is 8.52. The number of amides is 2. The van der Waals surface area contributed by atoms with E-state index in [0.29, 0.717) is 24.4 Å². The molecule has 42 heavy (non-hydrogen) atoms. The number of anilines is 1. The number of hydrogen-bond donors (Lipinski definition) is 2. The van der Waals surface area contributed by atoms with Gasteiger partial charge in [0, 0.05) is 31.3 Å². The van der Waals surface area contributed by atoms with Crippen molar-refractivity contribution in [1.29, 1.82) is 0 Å². The Hall–Kier alpha value is -5.11. The molecule has 2 N–H and O–H groups in total. The van der Waals surface area contributed by atoms with E-state index < -0.39 is 6.16 Å². The highest BCUT2D eigenvalue weighted by Crippen LogP contribution is 2.32. The molecule has 0 aliphatic heterocycles. The van der Waals surface area contributed by atoms with E-state index in [1.807, 2.05) is 79.7 Å². The van der Waals surface area contributed by atoms with Crippen molar-refractivity contribution in [3.05, 3.63) is 114 Å². The maximum atomic E-state index is 13.0. The van der Waals surface area contributed by atoms with Crippen molar-refractivity contribution in [3.63, 3.8) is 0 Å². The molecule has 0 saturated carbocycles. The molecule has 0 saturated heterocycles. The summed E-state index contributed by atoms with van der Waals surface area (Å²) in [5.74, 6) is 1.29. The van der Waals surface area contributed by atoms with Crippen molar-refractivity contribution < 1.29 is 19.4 Å². The van der Waals surface area contributed by atoms with Crippen LogP contribution in [-0.2, 0) is 19.5 Å². The molecule has 5 aromatic rings. The van der Waals surface area contributed by atoms with E-state index in [2.05, 4.69) is 22.9 Å². The average molecular weight is 563 g/mol. The standard InChI is InChI=1S/C34H34N4O4/c1-4-10-31-36-32-23(2)19-27(37(33(39)35-3)21-24-11-6-5-7-12-24)20-29(32)38(31)22-25-15-17-26(18-16-25)28-13-8-9-14-30(28)42-34(40)41/h5-9,11-20H,4,10,21-22H2,1-3H3,(H,35,39)(H,40,41). The third-order valence-corrected chi connectivity index (χ3v) is 7.23. The number of carbonyl (C=O) groups excluding carboxylic acids is 1. The third-order valence-electron chi connectivity index (χ3n) is 7.23. The number of nitrogens with one attached hydrogen (secondary N) is 1. The van der Waals surface area contributed by atoms with Gasteiger partial charge in [-0.2, -0.15) is 0 Å². The zero-order valence-electron chi connectivity index (χ0n) is 24.0. The fourth-order valence-electron chi connectivity index (χ4n) is 5.21. The van der Waals surface area contributed by atoms with Crippen molar-refractivity contribution in [2.45, 2.75) is 39.8 Å². The second-order valence-electron chi connectivity index (χ2n) is 10.2. The monoisotopic (exact) mass is 562 g/mol. The molecule has 8 nitrogen and oxygen atoms in total. The van der Waals surface area contributed by atoms with Crippen LogP contribution in [0.1, 0.15) is 35.9 Å². The molecule has 0 fully saturated rings. The predicted molar refractivity (Wildman–Crippen MR) is 165 cm³/mol. The van der Waals surface area contributed by atoms with Gasteiger partial charge in [-0.15, -0.1) is 0 Å². The minimum atomic E-state index is -1.34. The fourth-order valence-corrected chi connectivity index (χ4v) is 5.21. The Morgan fingerprint density at radius 3 is 2.36 bits per heavy atom. The number of para-hydroxylation sites is 1. The summed E-state index contributed by atoms with van der Waals surface area (Å²) in [7, 11) is 1.64. The summed E-state index contributed by atoms with van der Waals surface area (Å²) >= 11 is 0. The summed E-state index contributed by atoms with van der Waals surface area (Å²) in [4.78, 5) is 31.0. The highest BCUT2D eigenvalue weighted by atomic mass is 16.7. The lowest BCUT2D eigenvalue weighted by molar-refractivity contribution is 0.144. The van der Waals surface area contributed by atoms with Crippen molar-refractivity contribution in [2.75, 3.05) is 11.9 Å². The molecule has 5 rings (SSSR count). The van der Waals surface area contributed by atoms with Crippen LogP contribution in [0.3, 0.4) is 0 Å². The van der Waals surface area contributed by atoms with Crippen LogP contribution in [0.25, 0.3) is 22.2 Å². The van der Waals surface area contributed by atoms with Crippen LogP contribution in [0.5, 0.6) is 5.75 Å². The number of carbonyl (C=O) groups is 2. The molecule has 0 spiro atoms. The van der Waals surface area contributed by atoms with Gasteiger partial charge in [-0.3, -0.25) is 4.90 Å². The van der Waals surface area contributed by atoms with E-state index in [0.717, 1.165) is 57.6 Å². The van der Waals surface area contributed by atoms with Crippen LogP contribution in [0.2, 0.25) is 0 Å². The molecule has 8 heteroatoms. The Morgan fingerprint density at radius 1 is 0.952 bits per heavy atom. The minimum absolute atomic E-state index is 0.180. The SMILES string of the molecule is CCCc1nc2c(C)cc(N(Cc3ccccc3)C(=O)NC)cc2n1Cc1ccc(-c2ccccc2OC(=O)O)cc1. The quantitative estimate of drug-likeness (QED) is 0.144. The van der Waals surface area contributed by atoms with Gasteiger partial charge in [-0.05, 0) is 53.8 Å². The van der Waals surface area contributed by atoms with Gasteiger partial charge in [0.1, 0.15) is 11.6 Å². The molecule has 0 unspecified atom stereocenters. The number of benzene rings is 4. The molecule has 0 aliphatic carbocycles. The molecule has 0 aliphatic rings. The van der Waals surface area contributed by atoms with E-state index in [-0.39, 0.29) is 6.03 Å². The first-order valence-corrected chi connectivity index (χ1v) is 14.0. The molecule has 2 amide bonds. The van der Waals surface area contributed by atoms with Gasteiger partial charge >= 0.3 is 12.2 Å². The van der Waals surface area contributed by atoms with Gasteiger partial charge in [0.2, 0.25) is 0 Å².